The molecule has 2 nitrogen and oxygen atoms in total. The molecule has 5 heteroatoms. The van der Waals surface area contributed by atoms with Gasteiger partial charge in [-0.25, -0.2) is 4.98 Å². The first kappa shape index (κ1) is 12.7. The summed E-state index contributed by atoms with van der Waals surface area (Å²) in [6.07, 6.45) is 1.21. The van der Waals surface area contributed by atoms with Crippen molar-refractivity contribution in [2.45, 2.75) is 42.3 Å². The van der Waals surface area contributed by atoms with Crippen molar-refractivity contribution in [1.82, 2.24) is 10.3 Å². The number of thiophene rings is 1. The smallest absolute Gasteiger partial charge is 0.0798 e. The predicted octanol–water partition coefficient (Wildman–Crippen LogP) is 4.23. The fourth-order valence-corrected chi connectivity index (χ4v) is 5.55. The van der Waals surface area contributed by atoms with Crippen LogP contribution in [0.15, 0.2) is 21.2 Å². The van der Waals surface area contributed by atoms with E-state index in [-0.39, 0.29) is 0 Å². The summed E-state index contributed by atoms with van der Waals surface area (Å²) in [6, 6.07) is 2.78. The molecule has 3 heterocycles. The third-order valence-electron chi connectivity index (χ3n) is 3.26. The highest BCUT2D eigenvalue weighted by Crippen LogP contribution is 2.43. The number of aromatic nitrogens is 1. The number of rotatable bonds is 3. The summed E-state index contributed by atoms with van der Waals surface area (Å²) in [7, 11) is 0. The minimum Gasteiger partial charge on any atom is -0.305 e. The second-order valence-corrected chi connectivity index (χ2v) is 8.18. The van der Waals surface area contributed by atoms with Crippen molar-refractivity contribution in [3.05, 3.63) is 33.1 Å². The Balaban J connectivity index is 1.72. The monoisotopic (exact) mass is 296 g/mol. The molecule has 0 bridgehead atoms. The Bertz CT molecular complexity index is 532. The van der Waals surface area contributed by atoms with Crippen LogP contribution in [0.25, 0.3) is 0 Å². The summed E-state index contributed by atoms with van der Waals surface area (Å²) in [4.78, 5) is 5.67. The quantitative estimate of drug-likeness (QED) is 0.917. The molecular weight excluding hydrogens is 280 g/mol. The molecule has 0 aliphatic carbocycles. The van der Waals surface area contributed by atoms with Gasteiger partial charge in [0.1, 0.15) is 0 Å². The normalized spacial score (nSPS) is 23.0. The lowest BCUT2D eigenvalue weighted by molar-refractivity contribution is 0.489. The molecule has 0 aromatic carbocycles. The van der Waals surface area contributed by atoms with Crippen LogP contribution in [0.3, 0.4) is 0 Å². The Kier molecular flexibility index (Phi) is 3.75. The van der Waals surface area contributed by atoms with Crippen molar-refractivity contribution in [3.63, 3.8) is 0 Å². The molecule has 1 N–H and O–H groups in total. The van der Waals surface area contributed by atoms with Gasteiger partial charge in [0.15, 0.2) is 0 Å². The molecule has 0 radical (unpaired) electrons. The van der Waals surface area contributed by atoms with Gasteiger partial charge in [-0.15, -0.1) is 34.4 Å². The van der Waals surface area contributed by atoms with E-state index in [1.165, 1.54) is 21.1 Å². The van der Waals surface area contributed by atoms with Crippen molar-refractivity contribution in [1.29, 1.82) is 0 Å². The molecular formula is C13H16N2S3. The van der Waals surface area contributed by atoms with Gasteiger partial charge in [-0.2, -0.15) is 0 Å². The van der Waals surface area contributed by atoms with E-state index in [2.05, 4.69) is 35.6 Å². The van der Waals surface area contributed by atoms with Gasteiger partial charge in [0.25, 0.3) is 0 Å². The minimum absolute atomic E-state index is 0.504. The van der Waals surface area contributed by atoms with E-state index in [1.807, 2.05) is 28.6 Å². The number of thioether (sulfide) groups is 1. The highest BCUT2D eigenvalue weighted by Gasteiger charge is 2.25. The van der Waals surface area contributed by atoms with Gasteiger partial charge < -0.3 is 5.32 Å². The van der Waals surface area contributed by atoms with Crippen molar-refractivity contribution in [2.75, 3.05) is 0 Å². The van der Waals surface area contributed by atoms with Crippen LogP contribution in [0.5, 0.6) is 0 Å². The van der Waals surface area contributed by atoms with Crippen molar-refractivity contribution in [2.24, 2.45) is 0 Å². The van der Waals surface area contributed by atoms with Crippen molar-refractivity contribution in [3.8, 4) is 0 Å². The molecule has 1 unspecified atom stereocenters. The topological polar surface area (TPSA) is 24.9 Å². The lowest BCUT2D eigenvalue weighted by Crippen LogP contribution is -2.25. The van der Waals surface area contributed by atoms with Crippen LogP contribution in [0, 0.1) is 6.92 Å². The number of nitrogens with one attached hydrogen (secondary N) is 1. The molecule has 0 saturated carbocycles. The average molecular weight is 296 g/mol. The van der Waals surface area contributed by atoms with Gasteiger partial charge in [0.05, 0.1) is 15.4 Å². The standard InChI is InChI=1S/C13H16N2S3/c1-8-5-11(10-3-4-16-13(10)18-8)14-6-12-9(2)15-7-17-12/h3-4,7-8,11,14H,5-6H2,1-2H3/t8-,11?/m0/s1. The lowest BCUT2D eigenvalue weighted by atomic mass is 10.0. The molecule has 0 saturated heterocycles. The average Bonchev–Trinajstić information content (AvgIpc) is 2.94. The molecule has 0 amide bonds. The van der Waals surface area contributed by atoms with E-state index in [1.54, 1.807) is 11.3 Å². The first-order chi connectivity index (χ1) is 8.74. The number of thiazole rings is 1. The Morgan fingerprint density at radius 2 is 2.33 bits per heavy atom. The summed E-state index contributed by atoms with van der Waals surface area (Å²) >= 11 is 5.64. The number of aryl methyl sites for hydroxylation is 1. The second-order valence-electron chi connectivity index (χ2n) is 4.62. The number of hydrogen-bond donors (Lipinski definition) is 1. The van der Waals surface area contributed by atoms with Crippen molar-refractivity contribution >= 4 is 34.4 Å². The van der Waals surface area contributed by atoms with Gasteiger partial charge in [0.2, 0.25) is 0 Å². The molecule has 18 heavy (non-hydrogen) atoms. The van der Waals surface area contributed by atoms with Gasteiger partial charge in [-0.1, -0.05) is 6.92 Å². The summed E-state index contributed by atoms with van der Waals surface area (Å²) in [6.45, 7) is 5.34. The number of nitrogens with zero attached hydrogens (tertiary/aromatic N) is 1. The highest BCUT2D eigenvalue weighted by atomic mass is 32.2. The predicted molar refractivity (Wildman–Crippen MR) is 80.7 cm³/mol. The Labute approximate surface area is 120 Å². The number of fused-ring (bicyclic) bond motifs is 1. The summed E-state index contributed by atoms with van der Waals surface area (Å²) in [5, 5.41) is 6.62. The maximum atomic E-state index is 4.31. The van der Waals surface area contributed by atoms with Gasteiger partial charge >= 0.3 is 0 Å². The van der Waals surface area contributed by atoms with Crippen LogP contribution >= 0.6 is 34.4 Å². The first-order valence-corrected chi connectivity index (χ1v) is 8.74. The van der Waals surface area contributed by atoms with E-state index >= 15 is 0 Å². The second kappa shape index (κ2) is 5.33. The van der Waals surface area contributed by atoms with Crippen LogP contribution in [0.4, 0.5) is 0 Å². The third-order valence-corrected chi connectivity index (χ3v) is 6.54. The molecule has 2 aromatic heterocycles. The molecule has 1 aliphatic heterocycles. The van der Waals surface area contributed by atoms with Crippen LogP contribution in [-0.4, -0.2) is 10.2 Å². The van der Waals surface area contributed by atoms with E-state index < -0.39 is 0 Å². The molecule has 1 aliphatic rings. The molecule has 96 valence electrons. The van der Waals surface area contributed by atoms with Crippen LogP contribution in [-0.2, 0) is 6.54 Å². The fraction of sp³-hybridized carbons (Fsp3) is 0.462. The summed E-state index contributed by atoms with van der Waals surface area (Å²) in [5.74, 6) is 0. The molecule has 0 spiro atoms. The van der Waals surface area contributed by atoms with Crippen LogP contribution in [0.2, 0.25) is 0 Å². The molecule has 2 atom stereocenters. The maximum absolute atomic E-state index is 4.31. The van der Waals surface area contributed by atoms with Gasteiger partial charge in [-0.05, 0) is 30.4 Å². The maximum Gasteiger partial charge on any atom is 0.0798 e. The van der Waals surface area contributed by atoms with Crippen LogP contribution < -0.4 is 5.32 Å². The molecule has 3 rings (SSSR count). The first-order valence-electron chi connectivity index (χ1n) is 6.10. The van der Waals surface area contributed by atoms with Gasteiger partial charge in [-0.3, -0.25) is 0 Å². The van der Waals surface area contributed by atoms with E-state index in [4.69, 9.17) is 0 Å². The van der Waals surface area contributed by atoms with E-state index in [9.17, 15) is 0 Å². The summed E-state index contributed by atoms with van der Waals surface area (Å²) in [5.41, 5.74) is 4.59. The number of hydrogen-bond acceptors (Lipinski definition) is 5. The largest absolute Gasteiger partial charge is 0.305 e. The molecule has 2 aromatic rings. The third kappa shape index (κ3) is 2.50. The SMILES string of the molecule is Cc1ncsc1CNC1C[C@H](C)Sc2sccc21. The van der Waals surface area contributed by atoms with E-state index in [0.717, 1.165) is 12.2 Å². The zero-order chi connectivity index (χ0) is 12.5. The van der Waals surface area contributed by atoms with Crippen molar-refractivity contribution < 1.29 is 0 Å². The van der Waals surface area contributed by atoms with E-state index in [0.29, 0.717) is 11.3 Å². The fourth-order valence-electron chi connectivity index (χ4n) is 2.25. The minimum atomic E-state index is 0.504. The highest BCUT2D eigenvalue weighted by molar-refractivity contribution is 8.01. The Morgan fingerprint density at radius 3 is 3.11 bits per heavy atom. The Morgan fingerprint density at radius 1 is 1.44 bits per heavy atom. The Hall–Kier alpha value is -0.360. The molecule has 0 fully saturated rings. The zero-order valence-electron chi connectivity index (χ0n) is 10.5. The lowest BCUT2D eigenvalue weighted by Gasteiger charge is -2.27. The zero-order valence-corrected chi connectivity index (χ0v) is 12.9. The van der Waals surface area contributed by atoms with Gasteiger partial charge in [0, 0.05) is 22.7 Å². The van der Waals surface area contributed by atoms with Crippen LogP contribution in [0.1, 0.15) is 35.5 Å². The summed E-state index contributed by atoms with van der Waals surface area (Å²) < 4.78 is 1.49.